The Morgan fingerprint density at radius 2 is 2.20 bits per heavy atom. The molecule has 8 heteroatoms. The second-order valence-electron chi connectivity index (χ2n) is 5.74. The highest BCUT2D eigenvalue weighted by molar-refractivity contribution is 5.70. The van der Waals surface area contributed by atoms with E-state index in [0.717, 1.165) is 44.8 Å². The number of amides is 1. The highest BCUT2D eigenvalue weighted by Gasteiger charge is 2.48. The van der Waals surface area contributed by atoms with E-state index in [9.17, 15) is 4.79 Å². The lowest BCUT2D eigenvalue weighted by Gasteiger charge is -2.21. The first-order valence-electron chi connectivity index (χ1n) is 6.97. The summed E-state index contributed by atoms with van der Waals surface area (Å²) in [6, 6.07) is 0. The zero-order valence-corrected chi connectivity index (χ0v) is 11.9. The number of nitrogens with zero attached hydrogens (tertiary/aromatic N) is 6. The maximum atomic E-state index is 11.5. The van der Waals surface area contributed by atoms with Gasteiger partial charge in [-0.05, 0) is 23.8 Å². The van der Waals surface area contributed by atoms with E-state index < -0.39 is 0 Å². The van der Waals surface area contributed by atoms with Crippen LogP contribution >= 0.6 is 0 Å². The number of aromatic nitrogens is 4. The first kappa shape index (κ1) is 13.3. The molecule has 0 aromatic carbocycles. The Bertz CT molecular complexity index is 504. The van der Waals surface area contributed by atoms with Gasteiger partial charge in [0.2, 0.25) is 0 Å². The minimum atomic E-state index is -0.281. The Morgan fingerprint density at radius 1 is 1.35 bits per heavy atom. The van der Waals surface area contributed by atoms with Crippen LogP contribution in [-0.2, 0) is 11.3 Å². The van der Waals surface area contributed by atoms with Crippen LogP contribution in [0.25, 0.3) is 0 Å². The molecule has 0 radical (unpaired) electrons. The van der Waals surface area contributed by atoms with Gasteiger partial charge < -0.3 is 9.64 Å². The third kappa shape index (κ3) is 2.47. The fourth-order valence-corrected chi connectivity index (χ4v) is 3.02. The number of carbonyl (C=O) groups excluding carboxylic acids is 1. The zero-order valence-electron chi connectivity index (χ0n) is 11.9. The van der Waals surface area contributed by atoms with Gasteiger partial charge in [0.25, 0.3) is 0 Å². The summed E-state index contributed by atoms with van der Waals surface area (Å²) in [6.07, 6.45) is 1.72. The number of likely N-dealkylation sites (N-methyl/N-ethyl adjacent to an activating group) is 1. The molecule has 0 aliphatic carbocycles. The highest BCUT2D eigenvalue weighted by atomic mass is 16.6. The average molecular weight is 280 g/mol. The summed E-state index contributed by atoms with van der Waals surface area (Å²) in [5, 5.41) is 11.4. The predicted molar refractivity (Wildman–Crippen MR) is 70.1 cm³/mol. The molecular weight excluding hydrogens is 260 g/mol. The van der Waals surface area contributed by atoms with E-state index in [2.05, 4.69) is 20.4 Å². The lowest BCUT2D eigenvalue weighted by molar-refractivity contribution is 0.0632. The average Bonchev–Trinajstić information content (AvgIpc) is 3.04. The van der Waals surface area contributed by atoms with E-state index in [-0.39, 0.29) is 11.7 Å². The molecule has 0 bridgehead atoms. The van der Waals surface area contributed by atoms with Crippen molar-refractivity contribution >= 4 is 6.09 Å². The maximum absolute atomic E-state index is 11.5. The summed E-state index contributed by atoms with van der Waals surface area (Å²) in [5.41, 5.74) is -0.281. The van der Waals surface area contributed by atoms with Crippen LogP contribution in [0.15, 0.2) is 0 Å². The zero-order chi connectivity index (χ0) is 14.2. The first-order chi connectivity index (χ1) is 9.58. The molecular formula is C12H20N6O2. The van der Waals surface area contributed by atoms with Gasteiger partial charge in [-0.3, -0.25) is 4.90 Å². The molecule has 1 aromatic heterocycles. The van der Waals surface area contributed by atoms with Crippen LogP contribution in [-0.4, -0.2) is 74.9 Å². The van der Waals surface area contributed by atoms with Crippen LogP contribution < -0.4 is 0 Å². The standard InChI is InChI=1S/C12H20N6O2/c1-10-13-14-15-18(10)6-3-5-17-7-4-12(9-17)8-16(2)11(19)20-12/h3-9H2,1-2H3. The van der Waals surface area contributed by atoms with Crippen molar-refractivity contribution in [3.63, 3.8) is 0 Å². The molecule has 2 saturated heterocycles. The number of tetrazole rings is 1. The van der Waals surface area contributed by atoms with Gasteiger partial charge in [-0.25, -0.2) is 9.48 Å². The predicted octanol–water partition coefficient (Wildman–Crippen LogP) is -0.102. The molecule has 110 valence electrons. The van der Waals surface area contributed by atoms with E-state index in [0.29, 0.717) is 6.54 Å². The van der Waals surface area contributed by atoms with Crippen LogP contribution in [0.1, 0.15) is 18.7 Å². The SMILES string of the molecule is Cc1nnnn1CCCN1CCC2(C1)CN(C)C(=O)O2. The van der Waals surface area contributed by atoms with Crippen molar-refractivity contribution in [3.8, 4) is 0 Å². The van der Waals surface area contributed by atoms with Crippen LogP contribution in [0.3, 0.4) is 0 Å². The van der Waals surface area contributed by atoms with E-state index in [1.165, 1.54) is 0 Å². The maximum Gasteiger partial charge on any atom is 0.410 e. The van der Waals surface area contributed by atoms with E-state index >= 15 is 0 Å². The molecule has 20 heavy (non-hydrogen) atoms. The van der Waals surface area contributed by atoms with Crippen molar-refractivity contribution in [3.05, 3.63) is 5.82 Å². The fraction of sp³-hybridized carbons (Fsp3) is 0.833. The molecule has 0 saturated carbocycles. The molecule has 3 rings (SSSR count). The third-order valence-electron chi connectivity index (χ3n) is 4.09. The van der Waals surface area contributed by atoms with Crippen molar-refractivity contribution in [2.45, 2.75) is 31.9 Å². The number of likely N-dealkylation sites (tertiary alicyclic amines) is 1. The highest BCUT2D eigenvalue weighted by Crippen LogP contribution is 2.31. The van der Waals surface area contributed by atoms with E-state index in [1.807, 2.05) is 11.6 Å². The van der Waals surface area contributed by atoms with E-state index in [1.54, 1.807) is 11.9 Å². The van der Waals surface area contributed by atoms with Crippen molar-refractivity contribution in [1.82, 2.24) is 30.0 Å². The Labute approximate surface area is 117 Å². The molecule has 2 aliphatic heterocycles. The van der Waals surface area contributed by atoms with Crippen molar-refractivity contribution in [1.29, 1.82) is 0 Å². The van der Waals surface area contributed by atoms with Gasteiger partial charge in [0.05, 0.1) is 6.54 Å². The fourth-order valence-electron chi connectivity index (χ4n) is 3.02. The minimum Gasteiger partial charge on any atom is -0.439 e. The molecule has 1 spiro atoms. The summed E-state index contributed by atoms with van der Waals surface area (Å²) in [5.74, 6) is 0.842. The van der Waals surface area contributed by atoms with Gasteiger partial charge in [-0.1, -0.05) is 0 Å². The molecule has 2 fully saturated rings. The summed E-state index contributed by atoms with van der Waals surface area (Å²) >= 11 is 0. The lowest BCUT2D eigenvalue weighted by Crippen LogP contribution is -2.37. The van der Waals surface area contributed by atoms with Gasteiger partial charge >= 0.3 is 6.09 Å². The van der Waals surface area contributed by atoms with Crippen LogP contribution in [0, 0.1) is 6.92 Å². The molecule has 1 amide bonds. The molecule has 3 heterocycles. The van der Waals surface area contributed by atoms with Crippen molar-refractivity contribution < 1.29 is 9.53 Å². The first-order valence-corrected chi connectivity index (χ1v) is 6.97. The Kier molecular flexibility index (Phi) is 3.33. The largest absolute Gasteiger partial charge is 0.439 e. The van der Waals surface area contributed by atoms with Gasteiger partial charge in [0.1, 0.15) is 11.4 Å². The number of hydrogen-bond donors (Lipinski definition) is 0. The Balaban J connectivity index is 1.47. The van der Waals surface area contributed by atoms with Crippen molar-refractivity contribution in [2.24, 2.45) is 0 Å². The van der Waals surface area contributed by atoms with Crippen LogP contribution in [0.4, 0.5) is 4.79 Å². The van der Waals surface area contributed by atoms with Crippen LogP contribution in [0.2, 0.25) is 0 Å². The molecule has 0 N–H and O–H groups in total. The molecule has 8 nitrogen and oxygen atoms in total. The Morgan fingerprint density at radius 3 is 2.85 bits per heavy atom. The van der Waals surface area contributed by atoms with E-state index in [4.69, 9.17) is 4.74 Å². The second kappa shape index (κ2) is 5.01. The van der Waals surface area contributed by atoms with Gasteiger partial charge in [-0.15, -0.1) is 5.10 Å². The summed E-state index contributed by atoms with van der Waals surface area (Å²) in [4.78, 5) is 15.5. The molecule has 2 aliphatic rings. The normalized spacial score (nSPS) is 26.7. The smallest absolute Gasteiger partial charge is 0.410 e. The second-order valence-corrected chi connectivity index (χ2v) is 5.74. The van der Waals surface area contributed by atoms with Crippen molar-refractivity contribution in [2.75, 3.05) is 33.2 Å². The van der Waals surface area contributed by atoms with Gasteiger partial charge in [-0.2, -0.15) is 0 Å². The molecule has 1 atom stereocenters. The number of aryl methyl sites for hydroxylation is 2. The quantitative estimate of drug-likeness (QED) is 0.766. The lowest BCUT2D eigenvalue weighted by atomic mass is 10.0. The number of ether oxygens (including phenoxy) is 1. The Hall–Kier alpha value is -1.70. The number of rotatable bonds is 4. The number of hydrogen-bond acceptors (Lipinski definition) is 6. The molecule has 1 unspecified atom stereocenters. The monoisotopic (exact) mass is 280 g/mol. The molecule has 1 aromatic rings. The van der Waals surface area contributed by atoms with Gasteiger partial charge in [0, 0.05) is 39.6 Å². The topological polar surface area (TPSA) is 76.4 Å². The van der Waals surface area contributed by atoms with Crippen LogP contribution in [0.5, 0.6) is 0 Å². The third-order valence-corrected chi connectivity index (χ3v) is 4.09. The summed E-state index contributed by atoms with van der Waals surface area (Å²) in [7, 11) is 1.79. The number of carbonyl (C=O) groups is 1. The summed E-state index contributed by atoms with van der Waals surface area (Å²) in [6.45, 7) is 6.21. The minimum absolute atomic E-state index is 0.198. The van der Waals surface area contributed by atoms with Gasteiger partial charge in [0.15, 0.2) is 0 Å². The summed E-state index contributed by atoms with van der Waals surface area (Å²) < 4.78 is 7.35.